The quantitative estimate of drug-likeness (QED) is 0.858. The number of hydrogen-bond donors (Lipinski definition) is 1. The van der Waals surface area contributed by atoms with Crippen LogP contribution in [0.15, 0.2) is 0 Å². The van der Waals surface area contributed by atoms with Crippen molar-refractivity contribution < 1.29 is 4.79 Å². The molecule has 18 heavy (non-hydrogen) atoms. The van der Waals surface area contributed by atoms with Gasteiger partial charge in [-0.15, -0.1) is 12.4 Å². The molecule has 0 spiro atoms. The number of carbonyl (C=O) groups excluding carboxylic acids is 1. The lowest BCUT2D eigenvalue weighted by molar-refractivity contribution is -0.142. The number of carbonyl (C=O) groups is 1. The Morgan fingerprint density at radius 3 is 2.39 bits per heavy atom. The highest BCUT2D eigenvalue weighted by molar-refractivity contribution is 5.85. The summed E-state index contributed by atoms with van der Waals surface area (Å²) in [5.41, 5.74) is 5.54. The monoisotopic (exact) mass is 276 g/mol. The van der Waals surface area contributed by atoms with E-state index in [2.05, 4.69) is 25.7 Å². The van der Waals surface area contributed by atoms with Gasteiger partial charge in [-0.1, -0.05) is 20.8 Å². The van der Waals surface area contributed by atoms with Crippen molar-refractivity contribution >= 4 is 18.3 Å². The molecule has 1 aliphatic rings. The molecular formula is C14H29ClN2O. The number of halogens is 1. The predicted octanol–water partition coefficient (Wildman–Crippen LogP) is 2.82. The first-order chi connectivity index (χ1) is 8.09. The van der Waals surface area contributed by atoms with Crippen LogP contribution in [0, 0.1) is 11.3 Å². The minimum atomic E-state index is -0.312. The molecule has 0 bridgehead atoms. The van der Waals surface area contributed by atoms with Gasteiger partial charge in [-0.2, -0.15) is 0 Å². The van der Waals surface area contributed by atoms with Crippen molar-refractivity contribution in [1.29, 1.82) is 0 Å². The Morgan fingerprint density at radius 1 is 1.28 bits per heavy atom. The standard InChI is InChI=1S/C14H28N2O.ClH/c1-4-14(5-2,11-15)13(17)16-9-6-7-12(3)8-10-16;/h12H,4-11,15H2,1-3H3;1H. The molecule has 1 rings (SSSR count). The minimum Gasteiger partial charge on any atom is -0.342 e. The van der Waals surface area contributed by atoms with Gasteiger partial charge in [-0.05, 0) is 38.0 Å². The van der Waals surface area contributed by atoms with Gasteiger partial charge in [0.15, 0.2) is 0 Å². The zero-order valence-electron chi connectivity index (χ0n) is 12.1. The molecule has 1 aliphatic heterocycles. The van der Waals surface area contributed by atoms with E-state index in [1.807, 2.05) is 0 Å². The van der Waals surface area contributed by atoms with Gasteiger partial charge in [0.05, 0.1) is 5.41 Å². The molecule has 1 heterocycles. The van der Waals surface area contributed by atoms with Crippen LogP contribution >= 0.6 is 12.4 Å². The normalized spacial score (nSPS) is 21.1. The first-order valence-electron chi connectivity index (χ1n) is 7.09. The van der Waals surface area contributed by atoms with Crippen LogP contribution in [0.1, 0.15) is 52.9 Å². The summed E-state index contributed by atoms with van der Waals surface area (Å²) in [6.07, 6.45) is 5.23. The van der Waals surface area contributed by atoms with Crippen LogP contribution in [0.4, 0.5) is 0 Å². The van der Waals surface area contributed by atoms with E-state index in [0.717, 1.165) is 44.7 Å². The third-order valence-electron chi connectivity index (χ3n) is 4.50. The van der Waals surface area contributed by atoms with E-state index >= 15 is 0 Å². The van der Waals surface area contributed by atoms with Crippen LogP contribution in [-0.4, -0.2) is 30.4 Å². The van der Waals surface area contributed by atoms with Crippen molar-refractivity contribution in [2.75, 3.05) is 19.6 Å². The second-order valence-electron chi connectivity index (χ2n) is 5.52. The number of hydrogen-bond acceptors (Lipinski definition) is 2. The fraction of sp³-hybridized carbons (Fsp3) is 0.929. The van der Waals surface area contributed by atoms with Gasteiger partial charge in [0, 0.05) is 19.6 Å². The molecule has 108 valence electrons. The van der Waals surface area contributed by atoms with Crippen LogP contribution in [0.2, 0.25) is 0 Å². The summed E-state index contributed by atoms with van der Waals surface area (Å²) in [6.45, 7) is 8.75. The topological polar surface area (TPSA) is 46.3 Å². The van der Waals surface area contributed by atoms with E-state index in [9.17, 15) is 4.79 Å². The van der Waals surface area contributed by atoms with Crippen LogP contribution in [0.25, 0.3) is 0 Å². The zero-order valence-corrected chi connectivity index (χ0v) is 12.9. The number of likely N-dealkylation sites (tertiary alicyclic amines) is 1. The van der Waals surface area contributed by atoms with Gasteiger partial charge < -0.3 is 10.6 Å². The van der Waals surface area contributed by atoms with Crippen molar-refractivity contribution in [3.63, 3.8) is 0 Å². The second-order valence-corrected chi connectivity index (χ2v) is 5.52. The number of amides is 1. The molecule has 0 saturated carbocycles. The third kappa shape index (κ3) is 3.86. The average Bonchev–Trinajstić information content (AvgIpc) is 2.57. The molecule has 4 heteroatoms. The van der Waals surface area contributed by atoms with Gasteiger partial charge >= 0.3 is 0 Å². The molecular weight excluding hydrogens is 248 g/mol. The lowest BCUT2D eigenvalue weighted by Gasteiger charge is -2.34. The summed E-state index contributed by atoms with van der Waals surface area (Å²) >= 11 is 0. The smallest absolute Gasteiger partial charge is 0.230 e. The van der Waals surface area contributed by atoms with E-state index in [-0.39, 0.29) is 17.8 Å². The van der Waals surface area contributed by atoms with E-state index in [4.69, 9.17) is 5.73 Å². The first kappa shape index (κ1) is 17.7. The Kier molecular flexibility index (Phi) is 7.88. The second kappa shape index (κ2) is 8.00. The number of nitrogens with two attached hydrogens (primary N) is 1. The summed E-state index contributed by atoms with van der Waals surface area (Å²) < 4.78 is 0. The maximum absolute atomic E-state index is 12.6. The first-order valence-corrected chi connectivity index (χ1v) is 7.09. The van der Waals surface area contributed by atoms with Crippen LogP contribution in [0.3, 0.4) is 0 Å². The van der Waals surface area contributed by atoms with Crippen molar-refractivity contribution in [2.24, 2.45) is 17.1 Å². The molecule has 0 aliphatic carbocycles. The van der Waals surface area contributed by atoms with Gasteiger partial charge in [0.25, 0.3) is 0 Å². The summed E-state index contributed by atoms with van der Waals surface area (Å²) in [6, 6.07) is 0. The molecule has 1 fully saturated rings. The predicted molar refractivity (Wildman–Crippen MR) is 78.9 cm³/mol. The lowest BCUT2D eigenvalue weighted by atomic mass is 9.81. The summed E-state index contributed by atoms with van der Waals surface area (Å²) in [4.78, 5) is 14.7. The van der Waals surface area contributed by atoms with E-state index in [0.29, 0.717) is 12.5 Å². The van der Waals surface area contributed by atoms with Crippen molar-refractivity contribution in [2.45, 2.75) is 52.9 Å². The number of nitrogens with zero attached hydrogens (tertiary/aromatic N) is 1. The van der Waals surface area contributed by atoms with E-state index in [1.54, 1.807) is 0 Å². The SMILES string of the molecule is CCC(CC)(CN)C(=O)N1CCCC(C)CC1.Cl. The Labute approximate surface area is 118 Å². The van der Waals surface area contributed by atoms with Crippen molar-refractivity contribution in [1.82, 2.24) is 4.90 Å². The lowest BCUT2D eigenvalue weighted by Crippen LogP contribution is -2.48. The average molecular weight is 277 g/mol. The molecule has 0 aromatic carbocycles. The fourth-order valence-corrected chi connectivity index (χ4v) is 2.73. The Balaban J connectivity index is 0.00000289. The van der Waals surface area contributed by atoms with Gasteiger partial charge in [-0.3, -0.25) is 4.79 Å². The Bertz CT molecular complexity index is 246. The fourth-order valence-electron chi connectivity index (χ4n) is 2.73. The minimum absolute atomic E-state index is 0. The van der Waals surface area contributed by atoms with Crippen molar-refractivity contribution in [3.8, 4) is 0 Å². The van der Waals surface area contributed by atoms with Crippen LogP contribution < -0.4 is 5.73 Å². The summed E-state index contributed by atoms with van der Waals surface area (Å²) in [5, 5.41) is 0. The van der Waals surface area contributed by atoms with Crippen molar-refractivity contribution in [3.05, 3.63) is 0 Å². The maximum atomic E-state index is 12.6. The molecule has 1 unspecified atom stereocenters. The molecule has 3 nitrogen and oxygen atoms in total. The maximum Gasteiger partial charge on any atom is 0.230 e. The highest BCUT2D eigenvalue weighted by Crippen LogP contribution is 2.29. The molecule has 2 N–H and O–H groups in total. The Morgan fingerprint density at radius 2 is 1.89 bits per heavy atom. The molecule has 1 amide bonds. The van der Waals surface area contributed by atoms with E-state index < -0.39 is 0 Å². The zero-order chi connectivity index (χ0) is 12.9. The largest absolute Gasteiger partial charge is 0.342 e. The van der Waals surface area contributed by atoms with Crippen LogP contribution in [-0.2, 0) is 4.79 Å². The number of rotatable bonds is 4. The van der Waals surface area contributed by atoms with Gasteiger partial charge in [0.1, 0.15) is 0 Å². The third-order valence-corrected chi connectivity index (χ3v) is 4.50. The molecule has 1 saturated heterocycles. The molecule has 0 aromatic heterocycles. The highest BCUT2D eigenvalue weighted by atomic mass is 35.5. The molecule has 0 aromatic rings. The summed E-state index contributed by atoms with van der Waals surface area (Å²) in [7, 11) is 0. The van der Waals surface area contributed by atoms with E-state index in [1.165, 1.54) is 6.42 Å². The Hall–Kier alpha value is -0.280. The highest BCUT2D eigenvalue weighted by Gasteiger charge is 2.37. The van der Waals surface area contributed by atoms with Gasteiger partial charge in [0.2, 0.25) is 5.91 Å². The van der Waals surface area contributed by atoms with Crippen LogP contribution in [0.5, 0.6) is 0 Å². The molecule has 0 radical (unpaired) electrons. The molecule has 1 atom stereocenters. The van der Waals surface area contributed by atoms with Gasteiger partial charge in [-0.25, -0.2) is 0 Å². The summed E-state index contributed by atoms with van der Waals surface area (Å²) in [5.74, 6) is 1.04.